The molecule has 182 valence electrons. The monoisotopic (exact) mass is 482 g/mol. The zero-order chi connectivity index (χ0) is 24.6. The first-order valence-electron chi connectivity index (χ1n) is 11.6. The molecule has 34 heavy (non-hydrogen) atoms. The Labute approximate surface area is 202 Å². The fourth-order valence-electron chi connectivity index (χ4n) is 3.88. The Morgan fingerprint density at radius 1 is 0.882 bits per heavy atom. The smallest absolute Gasteiger partial charge is 0.241 e. The minimum Gasteiger partial charge on any atom is -0.377 e. The van der Waals surface area contributed by atoms with E-state index < -0.39 is 16.1 Å². The summed E-state index contributed by atoms with van der Waals surface area (Å²) in [5, 5.41) is 7.70. The summed E-state index contributed by atoms with van der Waals surface area (Å²) < 4.78 is 28.9. The van der Waals surface area contributed by atoms with Crippen molar-refractivity contribution >= 4 is 32.4 Å². The van der Waals surface area contributed by atoms with E-state index in [2.05, 4.69) is 15.4 Å². The molecule has 0 aliphatic rings. The topological polar surface area (TPSA) is 90.5 Å². The molecule has 3 aromatic rings. The molecule has 0 aromatic heterocycles. The van der Waals surface area contributed by atoms with Crippen LogP contribution in [0.25, 0.3) is 10.8 Å². The Morgan fingerprint density at radius 3 is 2.29 bits per heavy atom. The highest BCUT2D eigenvalue weighted by molar-refractivity contribution is 7.89. The van der Waals surface area contributed by atoms with Crippen LogP contribution in [0.4, 0.5) is 5.69 Å². The molecular formula is C26H34N4O3S. The van der Waals surface area contributed by atoms with Crippen LogP contribution in [0.1, 0.15) is 18.9 Å². The van der Waals surface area contributed by atoms with E-state index in [0.717, 1.165) is 23.1 Å². The second-order valence-electron chi connectivity index (χ2n) is 8.41. The minimum atomic E-state index is -3.73. The molecule has 0 spiro atoms. The quantitative estimate of drug-likeness (QED) is 0.346. The van der Waals surface area contributed by atoms with E-state index in [-0.39, 0.29) is 17.3 Å². The number of benzene rings is 3. The summed E-state index contributed by atoms with van der Waals surface area (Å²) in [6.07, 6.45) is 1.38. The number of hydrogen-bond donors (Lipinski definition) is 3. The molecule has 0 saturated heterocycles. The van der Waals surface area contributed by atoms with Crippen molar-refractivity contribution in [2.75, 3.05) is 38.6 Å². The van der Waals surface area contributed by atoms with Crippen LogP contribution in [-0.4, -0.2) is 54.1 Å². The third kappa shape index (κ3) is 6.56. The Kier molecular flexibility index (Phi) is 9.04. The fraction of sp³-hybridized carbons (Fsp3) is 0.346. The van der Waals surface area contributed by atoms with Crippen molar-refractivity contribution in [3.8, 4) is 0 Å². The first-order valence-corrected chi connectivity index (χ1v) is 13.1. The van der Waals surface area contributed by atoms with Gasteiger partial charge in [0.1, 0.15) is 0 Å². The zero-order valence-electron chi connectivity index (χ0n) is 20.0. The number of sulfonamides is 1. The SMILES string of the molecule is CCCNC(=O)[C@H](Cc1ccccc1)NCCNS(=O)(=O)c1cccc2c(N(C)C)cccc12. The van der Waals surface area contributed by atoms with E-state index in [9.17, 15) is 13.2 Å². The lowest BCUT2D eigenvalue weighted by atomic mass is 10.1. The lowest BCUT2D eigenvalue weighted by Gasteiger charge is -2.19. The van der Waals surface area contributed by atoms with E-state index in [0.29, 0.717) is 24.9 Å². The number of nitrogens with zero attached hydrogens (tertiary/aromatic N) is 1. The number of fused-ring (bicyclic) bond motifs is 1. The summed E-state index contributed by atoms with van der Waals surface area (Å²) in [7, 11) is 0.136. The van der Waals surface area contributed by atoms with Crippen LogP contribution in [0, 0.1) is 0 Å². The van der Waals surface area contributed by atoms with Crippen molar-refractivity contribution in [2.24, 2.45) is 0 Å². The van der Waals surface area contributed by atoms with Gasteiger partial charge >= 0.3 is 0 Å². The molecule has 1 atom stereocenters. The molecule has 3 rings (SSSR count). The first-order chi connectivity index (χ1) is 16.3. The maximum atomic E-state index is 13.1. The molecule has 0 aliphatic heterocycles. The zero-order valence-corrected chi connectivity index (χ0v) is 20.9. The van der Waals surface area contributed by atoms with Crippen LogP contribution in [0.3, 0.4) is 0 Å². The van der Waals surface area contributed by atoms with Gasteiger partial charge < -0.3 is 15.5 Å². The van der Waals surface area contributed by atoms with Crippen molar-refractivity contribution in [1.29, 1.82) is 0 Å². The number of carbonyl (C=O) groups is 1. The van der Waals surface area contributed by atoms with E-state index in [4.69, 9.17) is 0 Å². The van der Waals surface area contributed by atoms with Gasteiger partial charge in [0.25, 0.3) is 0 Å². The highest BCUT2D eigenvalue weighted by atomic mass is 32.2. The molecule has 7 nitrogen and oxygen atoms in total. The Balaban J connectivity index is 1.68. The third-order valence-electron chi connectivity index (χ3n) is 5.59. The molecule has 0 unspecified atom stereocenters. The molecule has 0 heterocycles. The van der Waals surface area contributed by atoms with Gasteiger partial charge in [0.15, 0.2) is 0 Å². The van der Waals surface area contributed by atoms with Gasteiger partial charge in [-0.1, -0.05) is 61.5 Å². The summed E-state index contributed by atoms with van der Waals surface area (Å²) >= 11 is 0. The van der Waals surface area contributed by atoms with Gasteiger partial charge in [-0.15, -0.1) is 0 Å². The molecule has 3 N–H and O–H groups in total. The van der Waals surface area contributed by atoms with Gasteiger partial charge in [0, 0.05) is 50.2 Å². The molecule has 0 radical (unpaired) electrons. The van der Waals surface area contributed by atoms with Crippen LogP contribution in [0.15, 0.2) is 71.6 Å². The van der Waals surface area contributed by atoms with Gasteiger partial charge in [-0.05, 0) is 30.5 Å². The van der Waals surface area contributed by atoms with E-state index in [1.54, 1.807) is 12.1 Å². The maximum absolute atomic E-state index is 13.1. The van der Waals surface area contributed by atoms with E-state index in [1.165, 1.54) is 0 Å². The maximum Gasteiger partial charge on any atom is 0.241 e. The van der Waals surface area contributed by atoms with Crippen molar-refractivity contribution < 1.29 is 13.2 Å². The van der Waals surface area contributed by atoms with Gasteiger partial charge in [-0.25, -0.2) is 13.1 Å². The van der Waals surface area contributed by atoms with Crippen LogP contribution in [0.2, 0.25) is 0 Å². The van der Waals surface area contributed by atoms with Crippen molar-refractivity contribution in [3.05, 3.63) is 72.3 Å². The van der Waals surface area contributed by atoms with Crippen LogP contribution >= 0.6 is 0 Å². The lowest BCUT2D eigenvalue weighted by Crippen LogP contribution is -2.48. The van der Waals surface area contributed by atoms with Crippen LogP contribution in [0.5, 0.6) is 0 Å². The molecule has 8 heteroatoms. The average Bonchev–Trinajstić information content (AvgIpc) is 2.84. The number of carbonyl (C=O) groups excluding carboxylic acids is 1. The Hall–Kier alpha value is -2.94. The number of nitrogens with one attached hydrogen (secondary N) is 3. The predicted molar refractivity (Wildman–Crippen MR) is 139 cm³/mol. The highest BCUT2D eigenvalue weighted by Crippen LogP contribution is 2.29. The second kappa shape index (κ2) is 12.0. The number of rotatable bonds is 12. The predicted octanol–water partition coefficient (Wildman–Crippen LogP) is 2.91. The molecular weight excluding hydrogens is 448 g/mol. The lowest BCUT2D eigenvalue weighted by molar-refractivity contribution is -0.123. The molecule has 0 bridgehead atoms. The number of amides is 1. The van der Waals surface area contributed by atoms with E-state index in [1.807, 2.05) is 80.5 Å². The third-order valence-corrected chi connectivity index (χ3v) is 7.11. The van der Waals surface area contributed by atoms with Crippen molar-refractivity contribution in [1.82, 2.24) is 15.4 Å². The fourth-order valence-corrected chi connectivity index (χ4v) is 5.13. The van der Waals surface area contributed by atoms with Crippen LogP contribution in [-0.2, 0) is 21.2 Å². The minimum absolute atomic E-state index is 0.0844. The van der Waals surface area contributed by atoms with E-state index >= 15 is 0 Å². The highest BCUT2D eigenvalue weighted by Gasteiger charge is 2.20. The summed E-state index contributed by atoms with van der Waals surface area (Å²) in [5.74, 6) is -0.0844. The summed E-state index contributed by atoms with van der Waals surface area (Å²) in [4.78, 5) is 14.8. The molecule has 0 fully saturated rings. The number of hydrogen-bond acceptors (Lipinski definition) is 5. The summed E-state index contributed by atoms with van der Waals surface area (Å²) in [6, 6.07) is 20.3. The molecule has 0 saturated carbocycles. The molecule has 3 aromatic carbocycles. The average molecular weight is 483 g/mol. The first kappa shape index (κ1) is 25.7. The van der Waals surface area contributed by atoms with Crippen LogP contribution < -0.4 is 20.3 Å². The Bertz CT molecular complexity index is 1200. The second-order valence-corrected chi connectivity index (χ2v) is 10.1. The van der Waals surface area contributed by atoms with Crippen molar-refractivity contribution in [3.63, 3.8) is 0 Å². The largest absolute Gasteiger partial charge is 0.377 e. The van der Waals surface area contributed by atoms with Crippen molar-refractivity contribution in [2.45, 2.75) is 30.7 Å². The van der Waals surface area contributed by atoms with Gasteiger partial charge in [-0.3, -0.25) is 4.79 Å². The van der Waals surface area contributed by atoms with Gasteiger partial charge in [0.2, 0.25) is 15.9 Å². The molecule has 0 aliphatic carbocycles. The summed E-state index contributed by atoms with van der Waals surface area (Å²) in [6.45, 7) is 3.10. The number of anilines is 1. The van der Waals surface area contributed by atoms with Gasteiger partial charge in [-0.2, -0.15) is 0 Å². The summed E-state index contributed by atoms with van der Waals surface area (Å²) in [5.41, 5.74) is 2.00. The normalized spacial score (nSPS) is 12.4. The molecule has 1 amide bonds. The standard InChI is InChI=1S/C26H34N4O3S/c1-4-16-28-26(31)23(19-20-10-6-5-7-11-20)27-17-18-29-34(32,33)25-15-9-12-21-22(25)13-8-14-24(21)30(2)3/h5-15,23,27,29H,4,16-19H2,1-3H3,(H,28,31)/t23-/m0/s1. The van der Waals surface area contributed by atoms with Gasteiger partial charge in [0.05, 0.1) is 10.9 Å². The Morgan fingerprint density at radius 2 is 1.59 bits per heavy atom.